The van der Waals surface area contributed by atoms with Crippen molar-refractivity contribution in [3.63, 3.8) is 0 Å². The second kappa shape index (κ2) is 7.99. The molecule has 0 saturated carbocycles. The molecule has 1 aromatic carbocycles. The number of rotatable bonds is 6. The van der Waals surface area contributed by atoms with Gasteiger partial charge >= 0.3 is 0 Å². The van der Waals surface area contributed by atoms with Crippen LogP contribution in [0, 0.1) is 13.8 Å². The van der Waals surface area contributed by atoms with E-state index in [2.05, 4.69) is 53.7 Å². The van der Waals surface area contributed by atoms with Crippen LogP contribution in [-0.2, 0) is 4.79 Å². The number of carbonyl (C=O) groups excluding carboxylic acids is 1. The van der Waals surface area contributed by atoms with Crippen molar-refractivity contribution in [2.24, 2.45) is 0 Å². The molecule has 4 heteroatoms. The van der Waals surface area contributed by atoms with Crippen LogP contribution < -0.4 is 10.2 Å². The van der Waals surface area contributed by atoms with Crippen LogP contribution in [0.4, 0.5) is 5.69 Å². The lowest BCUT2D eigenvalue weighted by Gasteiger charge is -2.37. The molecule has 1 aliphatic heterocycles. The zero-order chi connectivity index (χ0) is 15.9. The number of piperazine rings is 1. The van der Waals surface area contributed by atoms with Crippen LogP contribution >= 0.6 is 0 Å². The predicted molar refractivity (Wildman–Crippen MR) is 92.4 cm³/mol. The van der Waals surface area contributed by atoms with Crippen molar-refractivity contribution in [3.8, 4) is 0 Å². The average molecular weight is 301 g/mol. The van der Waals surface area contributed by atoms with Gasteiger partial charge in [0.1, 0.15) is 0 Å². The van der Waals surface area contributed by atoms with Gasteiger partial charge in [0, 0.05) is 38.4 Å². The molecule has 0 unspecified atom stereocenters. The highest BCUT2D eigenvalue weighted by Crippen LogP contribution is 2.22. The molecular weight excluding hydrogens is 274 g/mol. The minimum Gasteiger partial charge on any atom is -0.369 e. The Morgan fingerprint density at radius 2 is 2.00 bits per heavy atom. The first-order valence-electron chi connectivity index (χ1n) is 8.05. The van der Waals surface area contributed by atoms with Crippen molar-refractivity contribution in [2.45, 2.75) is 20.3 Å². The maximum absolute atomic E-state index is 11.1. The number of anilines is 1. The fraction of sp³-hybridized carbons (Fsp3) is 0.500. The number of hydrogen-bond acceptors (Lipinski definition) is 3. The van der Waals surface area contributed by atoms with E-state index in [1.54, 1.807) is 0 Å². The standard InChI is InChI=1S/C18H27N3O/c1-4-18(22)19-8-5-9-20-10-12-21(13-11-20)17-7-6-15(2)14-16(17)3/h4,6-7,14H,1,5,8-13H2,2-3H3,(H,19,22). The van der Waals surface area contributed by atoms with Crippen molar-refractivity contribution >= 4 is 11.6 Å². The molecule has 22 heavy (non-hydrogen) atoms. The zero-order valence-corrected chi connectivity index (χ0v) is 13.8. The second-order valence-corrected chi connectivity index (χ2v) is 5.97. The van der Waals surface area contributed by atoms with E-state index in [0.29, 0.717) is 0 Å². The number of benzene rings is 1. The van der Waals surface area contributed by atoms with E-state index in [9.17, 15) is 4.79 Å². The summed E-state index contributed by atoms with van der Waals surface area (Å²) in [5.41, 5.74) is 4.05. The van der Waals surface area contributed by atoms with Gasteiger partial charge in [-0.05, 0) is 44.5 Å². The molecular formula is C18H27N3O. The first-order valence-corrected chi connectivity index (χ1v) is 8.05. The Bertz CT molecular complexity index is 519. The van der Waals surface area contributed by atoms with Gasteiger partial charge in [-0.3, -0.25) is 9.69 Å². The SMILES string of the molecule is C=CC(=O)NCCCN1CCN(c2ccc(C)cc2C)CC1. The lowest BCUT2D eigenvalue weighted by atomic mass is 10.1. The smallest absolute Gasteiger partial charge is 0.243 e. The largest absolute Gasteiger partial charge is 0.369 e. The summed E-state index contributed by atoms with van der Waals surface area (Å²) in [4.78, 5) is 16.0. The van der Waals surface area contributed by atoms with E-state index < -0.39 is 0 Å². The molecule has 0 bridgehead atoms. The van der Waals surface area contributed by atoms with E-state index in [4.69, 9.17) is 0 Å². The first kappa shape index (κ1) is 16.6. The quantitative estimate of drug-likeness (QED) is 0.646. The molecule has 1 saturated heterocycles. The Labute approximate surface area is 133 Å². The maximum Gasteiger partial charge on any atom is 0.243 e. The zero-order valence-electron chi connectivity index (χ0n) is 13.8. The third-order valence-corrected chi connectivity index (χ3v) is 4.20. The van der Waals surface area contributed by atoms with E-state index in [1.165, 1.54) is 22.9 Å². The Kier molecular flexibility index (Phi) is 6.01. The summed E-state index contributed by atoms with van der Waals surface area (Å²) >= 11 is 0. The molecule has 1 fully saturated rings. The monoisotopic (exact) mass is 301 g/mol. The minimum atomic E-state index is -0.0836. The summed E-state index contributed by atoms with van der Waals surface area (Å²) in [5, 5.41) is 2.83. The van der Waals surface area contributed by atoms with Crippen LogP contribution in [0.15, 0.2) is 30.9 Å². The molecule has 0 atom stereocenters. The Hall–Kier alpha value is -1.81. The van der Waals surface area contributed by atoms with Crippen molar-refractivity contribution in [1.29, 1.82) is 0 Å². The Morgan fingerprint density at radius 3 is 2.64 bits per heavy atom. The lowest BCUT2D eigenvalue weighted by Crippen LogP contribution is -2.47. The number of nitrogens with one attached hydrogen (secondary N) is 1. The fourth-order valence-electron chi connectivity index (χ4n) is 2.96. The summed E-state index contributed by atoms with van der Waals surface area (Å²) in [5.74, 6) is -0.0836. The van der Waals surface area contributed by atoms with Crippen LogP contribution in [0.3, 0.4) is 0 Å². The van der Waals surface area contributed by atoms with E-state index in [1.807, 2.05) is 0 Å². The van der Waals surface area contributed by atoms with Crippen molar-refractivity contribution < 1.29 is 4.79 Å². The summed E-state index contributed by atoms with van der Waals surface area (Å²) in [6, 6.07) is 6.69. The van der Waals surface area contributed by atoms with Crippen molar-refractivity contribution in [3.05, 3.63) is 42.0 Å². The van der Waals surface area contributed by atoms with Gasteiger partial charge in [0.05, 0.1) is 0 Å². The molecule has 1 heterocycles. The van der Waals surface area contributed by atoms with Crippen LogP contribution in [0.2, 0.25) is 0 Å². The van der Waals surface area contributed by atoms with Crippen molar-refractivity contribution in [1.82, 2.24) is 10.2 Å². The molecule has 0 aromatic heterocycles. The van der Waals surface area contributed by atoms with Crippen molar-refractivity contribution in [2.75, 3.05) is 44.2 Å². The third kappa shape index (κ3) is 4.60. The van der Waals surface area contributed by atoms with E-state index >= 15 is 0 Å². The highest BCUT2D eigenvalue weighted by atomic mass is 16.1. The molecule has 0 aliphatic carbocycles. The molecule has 0 spiro atoms. The van der Waals surface area contributed by atoms with Crippen LogP contribution in [0.25, 0.3) is 0 Å². The topological polar surface area (TPSA) is 35.6 Å². The second-order valence-electron chi connectivity index (χ2n) is 5.97. The van der Waals surface area contributed by atoms with Crippen LogP contribution in [0.5, 0.6) is 0 Å². The van der Waals surface area contributed by atoms with Gasteiger partial charge in [-0.2, -0.15) is 0 Å². The van der Waals surface area contributed by atoms with Gasteiger partial charge in [-0.25, -0.2) is 0 Å². The number of amides is 1. The lowest BCUT2D eigenvalue weighted by molar-refractivity contribution is -0.116. The number of aryl methyl sites for hydroxylation is 2. The highest BCUT2D eigenvalue weighted by molar-refractivity contribution is 5.86. The summed E-state index contributed by atoms with van der Waals surface area (Å²) in [6.45, 7) is 13.9. The van der Waals surface area contributed by atoms with Gasteiger partial charge in [0.15, 0.2) is 0 Å². The number of hydrogen-bond donors (Lipinski definition) is 1. The van der Waals surface area contributed by atoms with Gasteiger partial charge in [-0.1, -0.05) is 24.3 Å². The first-order chi connectivity index (χ1) is 10.6. The number of carbonyl (C=O) groups is 1. The number of nitrogens with zero attached hydrogens (tertiary/aromatic N) is 2. The average Bonchev–Trinajstić information content (AvgIpc) is 2.52. The van der Waals surface area contributed by atoms with Gasteiger partial charge in [-0.15, -0.1) is 0 Å². The molecule has 2 rings (SSSR count). The van der Waals surface area contributed by atoms with Gasteiger partial charge in [0.2, 0.25) is 5.91 Å². The van der Waals surface area contributed by atoms with Crippen LogP contribution in [0.1, 0.15) is 17.5 Å². The highest BCUT2D eigenvalue weighted by Gasteiger charge is 2.17. The summed E-state index contributed by atoms with van der Waals surface area (Å²) < 4.78 is 0. The van der Waals surface area contributed by atoms with E-state index in [0.717, 1.165) is 45.7 Å². The molecule has 4 nitrogen and oxygen atoms in total. The molecule has 1 aromatic rings. The van der Waals surface area contributed by atoms with Gasteiger partial charge < -0.3 is 10.2 Å². The molecule has 1 aliphatic rings. The Morgan fingerprint density at radius 1 is 1.27 bits per heavy atom. The molecule has 0 radical (unpaired) electrons. The Balaban J connectivity index is 1.73. The normalized spacial score (nSPS) is 15.6. The van der Waals surface area contributed by atoms with E-state index in [-0.39, 0.29) is 5.91 Å². The summed E-state index contributed by atoms with van der Waals surface area (Å²) in [6.07, 6.45) is 2.31. The molecule has 1 N–H and O–H groups in total. The predicted octanol–water partition coefficient (Wildman–Crippen LogP) is 2.12. The molecule has 120 valence electrons. The fourth-order valence-corrected chi connectivity index (χ4v) is 2.96. The molecule has 1 amide bonds. The third-order valence-electron chi connectivity index (χ3n) is 4.20. The maximum atomic E-state index is 11.1. The van der Waals surface area contributed by atoms with Gasteiger partial charge in [0.25, 0.3) is 0 Å². The summed E-state index contributed by atoms with van der Waals surface area (Å²) in [7, 11) is 0. The minimum absolute atomic E-state index is 0.0836. The van der Waals surface area contributed by atoms with Crippen LogP contribution in [-0.4, -0.2) is 50.1 Å².